The minimum Gasteiger partial charge on any atom is -0.497 e. The van der Waals surface area contributed by atoms with Crippen LogP contribution in [0.25, 0.3) is 10.2 Å². The van der Waals surface area contributed by atoms with Crippen LogP contribution in [0.15, 0.2) is 40.1 Å². The van der Waals surface area contributed by atoms with E-state index >= 15 is 0 Å². The standard InChI is InChI=1S/C18H17N5O2S4/c1-25-11-4-5-13-14(9-11)28-17(20-13)21-15(24)10-27-18-23-22-16(29-18)19-7-6-12-3-2-8-26-12/h2-5,8-9H,6-7,10H2,1H3,(H,19,22)(H,20,21,24). The van der Waals surface area contributed by atoms with Crippen LogP contribution < -0.4 is 15.4 Å². The number of benzene rings is 1. The molecule has 0 spiro atoms. The number of carbonyl (C=O) groups is 1. The number of anilines is 2. The van der Waals surface area contributed by atoms with Crippen molar-refractivity contribution in [3.05, 3.63) is 40.6 Å². The molecule has 29 heavy (non-hydrogen) atoms. The van der Waals surface area contributed by atoms with Crippen LogP contribution in [0.2, 0.25) is 0 Å². The fourth-order valence-corrected chi connectivity index (χ4v) is 5.65. The Kier molecular flexibility index (Phi) is 6.60. The van der Waals surface area contributed by atoms with Crippen LogP contribution in [0.1, 0.15) is 4.88 Å². The van der Waals surface area contributed by atoms with Crippen molar-refractivity contribution < 1.29 is 9.53 Å². The van der Waals surface area contributed by atoms with Gasteiger partial charge < -0.3 is 15.4 Å². The van der Waals surface area contributed by atoms with E-state index < -0.39 is 0 Å². The molecule has 3 aromatic heterocycles. The van der Waals surface area contributed by atoms with Crippen LogP contribution in [-0.4, -0.2) is 40.5 Å². The number of hydrogen-bond acceptors (Lipinski definition) is 10. The molecule has 11 heteroatoms. The number of methoxy groups -OCH3 is 1. The molecule has 7 nitrogen and oxygen atoms in total. The Hall–Kier alpha value is -2.21. The Morgan fingerprint density at radius 1 is 1.21 bits per heavy atom. The topological polar surface area (TPSA) is 89.0 Å². The molecule has 0 saturated heterocycles. The fourth-order valence-electron chi connectivity index (χ4n) is 2.46. The number of ether oxygens (including phenoxy) is 1. The summed E-state index contributed by atoms with van der Waals surface area (Å²) in [6.45, 7) is 0.808. The SMILES string of the molecule is COc1ccc2nc(NC(=O)CSc3nnc(NCCc4cccs4)s3)sc2c1. The van der Waals surface area contributed by atoms with Gasteiger partial charge in [0, 0.05) is 11.4 Å². The van der Waals surface area contributed by atoms with Crippen LogP contribution in [0.4, 0.5) is 10.3 Å². The Bertz CT molecular complexity index is 1090. The molecule has 0 atom stereocenters. The summed E-state index contributed by atoms with van der Waals surface area (Å²) < 4.78 is 6.94. The summed E-state index contributed by atoms with van der Waals surface area (Å²) >= 11 is 5.99. The lowest BCUT2D eigenvalue weighted by Gasteiger charge is -1.99. The van der Waals surface area contributed by atoms with Crippen LogP contribution in [0, 0.1) is 0 Å². The number of amides is 1. The summed E-state index contributed by atoms with van der Waals surface area (Å²) in [5, 5.41) is 17.8. The highest BCUT2D eigenvalue weighted by Gasteiger charge is 2.11. The number of thiazole rings is 1. The van der Waals surface area contributed by atoms with E-state index in [9.17, 15) is 4.79 Å². The van der Waals surface area contributed by atoms with Gasteiger partial charge in [0.15, 0.2) is 9.47 Å². The molecular formula is C18H17N5O2S4. The second kappa shape index (κ2) is 9.53. The first kappa shape index (κ1) is 20.1. The summed E-state index contributed by atoms with van der Waals surface area (Å²) in [6, 6.07) is 9.81. The van der Waals surface area contributed by atoms with Gasteiger partial charge in [-0.2, -0.15) is 0 Å². The quantitative estimate of drug-likeness (QED) is 0.351. The molecule has 4 aromatic rings. The van der Waals surface area contributed by atoms with Gasteiger partial charge in [-0.1, -0.05) is 40.5 Å². The number of rotatable bonds is 9. The minimum absolute atomic E-state index is 0.122. The molecular weight excluding hydrogens is 446 g/mol. The summed E-state index contributed by atoms with van der Waals surface area (Å²) in [5.74, 6) is 0.900. The second-order valence-corrected chi connectivity index (χ2v) is 10.1. The van der Waals surface area contributed by atoms with Crippen LogP contribution in [0.3, 0.4) is 0 Å². The molecule has 4 rings (SSSR count). The van der Waals surface area contributed by atoms with Crippen molar-refractivity contribution in [2.24, 2.45) is 0 Å². The van der Waals surface area contributed by atoms with E-state index in [0.717, 1.165) is 38.4 Å². The van der Waals surface area contributed by atoms with Crippen molar-refractivity contribution >= 4 is 72.2 Å². The van der Waals surface area contributed by atoms with Crippen LogP contribution in [-0.2, 0) is 11.2 Å². The van der Waals surface area contributed by atoms with E-state index in [1.54, 1.807) is 18.4 Å². The summed E-state index contributed by atoms with van der Waals surface area (Å²) in [6.07, 6.45) is 0.955. The minimum atomic E-state index is -0.122. The van der Waals surface area contributed by atoms with Crippen molar-refractivity contribution in [2.75, 3.05) is 30.0 Å². The Labute approximate surface area is 183 Å². The van der Waals surface area contributed by atoms with Crippen molar-refractivity contribution in [3.8, 4) is 5.75 Å². The van der Waals surface area contributed by atoms with Crippen molar-refractivity contribution in [3.63, 3.8) is 0 Å². The monoisotopic (exact) mass is 463 g/mol. The molecule has 0 saturated carbocycles. The predicted octanol–water partition coefficient (Wildman–Crippen LogP) is 4.60. The van der Waals surface area contributed by atoms with Crippen LogP contribution >= 0.6 is 45.8 Å². The highest BCUT2D eigenvalue weighted by molar-refractivity contribution is 8.01. The maximum absolute atomic E-state index is 12.2. The molecule has 0 aliphatic rings. The highest BCUT2D eigenvalue weighted by Crippen LogP contribution is 2.30. The molecule has 0 fully saturated rings. The molecule has 2 N–H and O–H groups in total. The van der Waals surface area contributed by atoms with Crippen LogP contribution in [0.5, 0.6) is 5.75 Å². The molecule has 0 radical (unpaired) electrons. The summed E-state index contributed by atoms with van der Waals surface area (Å²) in [5.41, 5.74) is 0.834. The van der Waals surface area contributed by atoms with Gasteiger partial charge in [-0.15, -0.1) is 21.5 Å². The fraction of sp³-hybridized carbons (Fsp3) is 0.222. The van der Waals surface area contributed by atoms with Gasteiger partial charge in [-0.25, -0.2) is 4.98 Å². The normalized spacial score (nSPS) is 10.9. The van der Waals surface area contributed by atoms with Crippen molar-refractivity contribution in [2.45, 2.75) is 10.8 Å². The van der Waals surface area contributed by atoms with E-state index in [-0.39, 0.29) is 11.7 Å². The lowest BCUT2D eigenvalue weighted by atomic mass is 10.3. The highest BCUT2D eigenvalue weighted by atomic mass is 32.2. The van der Waals surface area contributed by atoms with E-state index in [2.05, 4.69) is 43.3 Å². The first-order valence-electron chi connectivity index (χ1n) is 8.66. The van der Waals surface area contributed by atoms with E-state index in [1.165, 1.54) is 39.3 Å². The zero-order valence-electron chi connectivity index (χ0n) is 15.4. The molecule has 0 bridgehead atoms. The smallest absolute Gasteiger partial charge is 0.236 e. The van der Waals surface area contributed by atoms with E-state index in [0.29, 0.717) is 5.13 Å². The number of nitrogens with zero attached hydrogens (tertiary/aromatic N) is 3. The first-order chi connectivity index (χ1) is 14.2. The molecule has 0 aliphatic heterocycles. The molecule has 3 heterocycles. The zero-order valence-corrected chi connectivity index (χ0v) is 18.6. The van der Waals surface area contributed by atoms with Gasteiger partial charge in [0.05, 0.1) is 23.1 Å². The molecule has 150 valence electrons. The summed E-state index contributed by atoms with van der Waals surface area (Å²) in [7, 11) is 1.63. The molecule has 0 unspecified atom stereocenters. The number of nitrogens with one attached hydrogen (secondary N) is 2. The van der Waals surface area contributed by atoms with Gasteiger partial charge in [0.2, 0.25) is 11.0 Å². The third-order valence-electron chi connectivity index (χ3n) is 3.80. The van der Waals surface area contributed by atoms with Crippen molar-refractivity contribution in [1.82, 2.24) is 15.2 Å². The number of fused-ring (bicyclic) bond motifs is 1. The predicted molar refractivity (Wildman–Crippen MR) is 122 cm³/mol. The Morgan fingerprint density at radius 3 is 2.97 bits per heavy atom. The van der Waals surface area contributed by atoms with Crippen molar-refractivity contribution in [1.29, 1.82) is 0 Å². The second-order valence-electron chi connectivity index (χ2n) is 5.82. The molecule has 1 amide bonds. The maximum Gasteiger partial charge on any atom is 0.236 e. The third-order valence-corrected chi connectivity index (χ3v) is 7.69. The maximum atomic E-state index is 12.2. The van der Waals surface area contributed by atoms with E-state index in [4.69, 9.17) is 4.74 Å². The Balaban J connectivity index is 1.25. The largest absolute Gasteiger partial charge is 0.497 e. The number of thiophene rings is 1. The number of aromatic nitrogens is 3. The van der Waals surface area contributed by atoms with Gasteiger partial charge in [-0.3, -0.25) is 4.79 Å². The molecule has 1 aromatic carbocycles. The van der Waals surface area contributed by atoms with Gasteiger partial charge in [0.25, 0.3) is 0 Å². The summed E-state index contributed by atoms with van der Waals surface area (Å²) in [4.78, 5) is 18.0. The number of carbonyl (C=O) groups excluding carboxylic acids is 1. The Morgan fingerprint density at radius 2 is 2.14 bits per heavy atom. The average molecular weight is 464 g/mol. The van der Waals surface area contributed by atoms with Gasteiger partial charge in [-0.05, 0) is 36.1 Å². The van der Waals surface area contributed by atoms with Gasteiger partial charge >= 0.3 is 0 Å². The number of thioether (sulfide) groups is 1. The van der Waals surface area contributed by atoms with Gasteiger partial charge in [0.1, 0.15) is 5.75 Å². The molecule has 0 aliphatic carbocycles. The third kappa shape index (κ3) is 5.44. The average Bonchev–Trinajstić information content (AvgIpc) is 3.46. The lowest BCUT2D eigenvalue weighted by Crippen LogP contribution is -2.13. The number of hydrogen-bond donors (Lipinski definition) is 2. The lowest BCUT2D eigenvalue weighted by molar-refractivity contribution is -0.113. The zero-order chi connectivity index (χ0) is 20.1. The van der Waals surface area contributed by atoms with E-state index in [1.807, 2.05) is 18.2 Å². The first-order valence-corrected chi connectivity index (χ1v) is 12.2.